The van der Waals surface area contributed by atoms with Gasteiger partial charge in [-0.15, -0.1) is 11.3 Å². The van der Waals surface area contributed by atoms with Gasteiger partial charge in [-0.25, -0.2) is 9.97 Å². The van der Waals surface area contributed by atoms with Crippen LogP contribution >= 0.6 is 11.3 Å². The summed E-state index contributed by atoms with van der Waals surface area (Å²) in [5.74, 6) is -0.188. The van der Waals surface area contributed by atoms with E-state index in [9.17, 15) is 4.79 Å². The third-order valence-corrected chi connectivity index (χ3v) is 3.93. The van der Waals surface area contributed by atoms with Crippen molar-refractivity contribution in [2.24, 2.45) is 0 Å². The van der Waals surface area contributed by atoms with Crippen molar-refractivity contribution in [3.63, 3.8) is 0 Å². The molecule has 1 aromatic carbocycles. The summed E-state index contributed by atoms with van der Waals surface area (Å²) in [5.41, 5.74) is 3.01. The summed E-state index contributed by atoms with van der Waals surface area (Å²) >= 11 is 1.47. The predicted molar refractivity (Wildman–Crippen MR) is 75.6 cm³/mol. The predicted octanol–water partition coefficient (Wildman–Crippen LogP) is 2.89. The third-order valence-electron chi connectivity index (χ3n) is 2.94. The molecule has 0 fully saturated rings. The van der Waals surface area contributed by atoms with Gasteiger partial charge in [0, 0.05) is 4.88 Å². The standard InChI is InChI=1S/C13H12N4OS/c1-7-8(2)19-13(16-7)17-12(18)9-4-3-5-10-11(9)15-6-14-10/h3-6H,1-2H3,(H,14,15)(H,16,17,18). The molecule has 3 aromatic rings. The molecule has 0 aliphatic rings. The molecule has 2 N–H and O–H groups in total. The molecule has 6 heteroatoms. The first-order valence-electron chi connectivity index (χ1n) is 5.82. The number of thiazole rings is 1. The van der Waals surface area contributed by atoms with Gasteiger partial charge in [0.25, 0.3) is 5.91 Å². The fourth-order valence-corrected chi connectivity index (χ4v) is 2.65. The molecule has 0 bridgehead atoms. The highest BCUT2D eigenvalue weighted by atomic mass is 32.1. The minimum absolute atomic E-state index is 0.188. The number of rotatable bonds is 2. The SMILES string of the molecule is Cc1nc(NC(=O)c2cccc3[nH]cnc23)sc1C. The van der Waals surface area contributed by atoms with Crippen LogP contribution in [0.5, 0.6) is 0 Å². The summed E-state index contributed by atoms with van der Waals surface area (Å²) in [6.07, 6.45) is 1.58. The van der Waals surface area contributed by atoms with Crippen LogP contribution in [0.2, 0.25) is 0 Å². The zero-order chi connectivity index (χ0) is 13.4. The fourth-order valence-electron chi connectivity index (χ4n) is 1.84. The monoisotopic (exact) mass is 272 g/mol. The molecule has 0 aliphatic heterocycles. The van der Waals surface area contributed by atoms with Gasteiger partial charge < -0.3 is 4.98 Å². The minimum atomic E-state index is -0.188. The lowest BCUT2D eigenvalue weighted by Gasteiger charge is -2.02. The Hall–Kier alpha value is -2.21. The number of carbonyl (C=O) groups excluding carboxylic acids is 1. The topological polar surface area (TPSA) is 70.7 Å². The number of anilines is 1. The molecule has 0 unspecified atom stereocenters. The average molecular weight is 272 g/mol. The zero-order valence-electron chi connectivity index (χ0n) is 10.5. The number of benzene rings is 1. The second-order valence-corrected chi connectivity index (χ2v) is 5.42. The number of imidazole rings is 1. The number of aromatic amines is 1. The Morgan fingerprint density at radius 2 is 2.21 bits per heavy atom. The van der Waals surface area contributed by atoms with Gasteiger partial charge in [-0.2, -0.15) is 0 Å². The van der Waals surface area contributed by atoms with E-state index in [1.807, 2.05) is 26.0 Å². The number of carbonyl (C=O) groups is 1. The van der Waals surface area contributed by atoms with Crippen molar-refractivity contribution < 1.29 is 4.79 Å². The highest BCUT2D eigenvalue weighted by molar-refractivity contribution is 7.15. The van der Waals surface area contributed by atoms with E-state index in [0.717, 1.165) is 16.1 Å². The van der Waals surface area contributed by atoms with Gasteiger partial charge in [-0.1, -0.05) is 6.07 Å². The van der Waals surface area contributed by atoms with Gasteiger partial charge in [-0.05, 0) is 26.0 Å². The molecule has 0 atom stereocenters. The van der Waals surface area contributed by atoms with E-state index < -0.39 is 0 Å². The average Bonchev–Trinajstić information content (AvgIpc) is 2.96. The summed E-state index contributed by atoms with van der Waals surface area (Å²) in [7, 11) is 0. The van der Waals surface area contributed by atoms with Gasteiger partial charge in [0.2, 0.25) is 0 Å². The summed E-state index contributed by atoms with van der Waals surface area (Å²) < 4.78 is 0. The number of aryl methyl sites for hydroxylation is 2. The quantitative estimate of drug-likeness (QED) is 0.753. The van der Waals surface area contributed by atoms with Crippen molar-refractivity contribution in [1.82, 2.24) is 15.0 Å². The molecular weight excluding hydrogens is 260 g/mol. The number of para-hydroxylation sites is 1. The van der Waals surface area contributed by atoms with Crippen LogP contribution < -0.4 is 5.32 Å². The highest BCUT2D eigenvalue weighted by Crippen LogP contribution is 2.22. The molecule has 0 saturated heterocycles. The minimum Gasteiger partial charge on any atom is -0.345 e. The lowest BCUT2D eigenvalue weighted by molar-refractivity contribution is 0.102. The maximum Gasteiger partial charge on any atom is 0.259 e. The fraction of sp³-hybridized carbons (Fsp3) is 0.154. The number of nitrogens with one attached hydrogen (secondary N) is 2. The third kappa shape index (κ3) is 2.10. The molecule has 19 heavy (non-hydrogen) atoms. The molecule has 1 amide bonds. The molecule has 0 radical (unpaired) electrons. The van der Waals surface area contributed by atoms with Gasteiger partial charge in [0.1, 0.15) is 5.52 Å². The van der Waals surface area contributed by atoms with Crippen molar-refractivity contribution >= 4 is 33.4 Å². The van der Waals surface area contributed by atoms with Crippen molar-refractivity contribution in [2.45, 2.75) is 13.8 Å². The Balaban J connectivity index is 1.94. The lowest BCUT2D eigenvalue weighted by atomic mass is 10.2. The van der Waals surface area contributed by atoms with Crippen LogP contribution in [0.4, 0.5) is 5.13 Å². The summed E-state index contributed by atoms with van der Waals surface area (Å²) in [5, 5.41) is 3.43. The van der Waals surface area contributed by atoms with E-state index in [0.29, 0.717) is 16.2 Å². The first kappa shape index (κ1) is 11.9. The molecular formula is C13H12N4OS. The number of H-pyrrole nitrogens is 1. The first-order chi connectivity index (χ1) is 9.15. The Kier molecular flexibility index (Phi) is 2.79. The molecule has 3 rings (SSSR count). The van der Waals surface area contributed by atoms with Crippen LogP contribution in [0.3, 0.4) is 0 Å². The Morgan fingerprint density at radius 1 is 1.37 bits per heavy atom. The van der Waals surface area contributed by atoms with Crippen LogP contribution in [-0.2, 0) is 0 Å². The number of amides is 1. The lowest BCUT2D eigenvalue weighted by Crippen LogP contribution is -2.12. The smallest absolute Gasteiger partial charge is 0.259 e. The van der Waals surface area contributed by atoms with Crippen LogP contribution in [-0.4, -0.2) is 20.9 Å². The van der Waals surface area contributed by atoms with E-state index in [4.69, 9.17) is 0 Å². The second-order valence-electron chi connectivity index (χ2n) is 4.22. The van der Waals surface area contributed by atoms with Crippen molar-refractivity contribution in [2.75, 3.05) is 5.32 Å². The Morgan fingerprint density at radius 3 is 2.95 bits per heavy atom. The maximum atomic E-state index is 12.2. The summed E-state index contributed by atoms with van der Waals surface area (Å²) in [4.78, 5) is 24.8. The van der Waals surface area contributed by atoms with Gasteiger partial charge in [0.05, 0.1) is 23.1 Å². The largest absolute Gasteiger partial charge is 0.345 e. The Labute approximate surface area is 113 Å². The normalized spacial score (nSPS) is 10.8. The zero-order valence-corrected chi connectivity index (χ0v) is 11.3. The van der Waals surface area contributed by atoms with Gasteiger partial charge >= 0.3 is 0 Å². The van der Waals surface area contributed by atoms with E-state index in [1.165, 1.54) is 11.3 Å². The number of hydrogen-bond acceptors (Lipinski definition) is 4. The van der Waals surface area contributed by atoms with Crippen LogP contribution in [0.15, 0.2) is 24.5 Å². The Bertz CT molecular complexity index is 739. The molecule has 2 aromatic heterocycles. The van der Waals surface area contributed by atoms with Crippen molar-refractivity contribution in [1.29, 1.82) is 0 Å². The molecule has 0 aliphatic carbocycles. The van der Waals surface area contributed by atoms with Crippen molar-refractivity contribution in [3.05, 3.63) is 40.7 Å². The summed E-state index contributed by atoms with van der Waals surface area (Å²) in [6.45, 7) is 3.91. The van der Waals surface area contributed by atoms with Crippen LogP contribution in [0, 0.1) is 13.8 Å². The number of fused-ring (bicyclic) bond motifs is 1. The van der Waals surface area contributed by atoms with E-state index in [1.54, 1.807) is 12.4 Å². The molecule has 0 spiro atoms. The molecule has 5 nitrogen and oxygen atoms in total. The van der Waals surface area contributed by atoms with E-state index in [2.05, 4.69) is 20.3 Å². The number of hydrogen-bond donors (Lipinski definition) is 2. The van der Waals surface area contributed by atoms with E-state index in [-0.39, 0.29) is 5.91 Å². The van der Waals surface area contributed by atoms with Gasteiger partial charge in [-0.3, -0.25) is 10.1 Å². The van der Waals surface area contributed by atoms with E-state index >= 15 is 0 Å². The van der Waals surface area contributed by atoms with Crippen molar-refractivity contribution in [3.8, 4) is 0 Å². The van der Waals surface area contributed by atoms with Crippen LogP contribution in [0.25, 0.3) is 11.0 Å². The maximum absolute atomic E-state index is 12.2. The van der Waals surface area contributed by atoms with Gasteiger partial charge in [0.15, 0.2) is 5.13 Å². The highest BCUT2D eigenvalue weighted by Gasteiger charge is 2.14. The molecule has 0 saturated carbocycles. The number of aromatic nitrogens is 3. The number of nitrogens with zero attached hydrogens (tertiary/aromatic N) is 2. The summed E-state index contributed by atoms with van der Waals surface area (Å²) in [6, 6.07) is 5.47. The second kappa shape index (κ2) is 4.47. The van der Waals surface area contributed by atoms with Crippen LogP contribution in [0.1, 0.15) is 20.9 Å². The first-order valence-corrected chi connectivity index (χ1v) is 6.64. The molecule has 2 heterocycles. The molecule has 96 valence electrons.